The maximum absolute atomic E-state index is 5.78. The molecule has 0 radical (unpaired) electrons. The summed E-state index contributed by atoms with van der Waals surface area (Å²) in [5.41, 5.74) is 13.7. The van der Waals surface area contributed by atoms with Crippen molar-refractivity contribution in [2.45, 2.75) is 46.1 Å². The topological polar surface area (TPSA) is 43.8 Å². The van der Waals surface area contributed by atoms with Gasteiger partial charge in [0.1, 0.15) is 0 Å². The highest BCUT2D eigenvalue weighted by molar-refractivity contribution is 5.73. The number of aromatic nitrogens is 2. The molecule has 2 N–H and O–H groups in total. The summed E-state index contributed by atoms with van der Waals surface area (Å²) in [7, 11) is 0. The Kier molecular flexibility index (Phi) is 3.62. The molecule has 0 saturated carbocycles. The average Bonchev–Trinajstić information content (AvgIpc) is 2.80. The molecule has 1 aromatic carbocycles. The molecule has 1 aromatic heterocycles. The van der Waals surface area contributed by atoms with Gasteiger partial charge in [-0.05, 0) is 50.8 Å². The Hall–Kier alpha value is -1.61. The summed E-state index contributed by atoms with van der Waals surface area (Å²) in [4.78, 5) is 0. The van der Waals surface area contributed by atoms with Gasteiger partial charge in [-0.1, -0.05) is 23.8 Å². The molecule has 1 aliphatic rings. The number of fused-ring (bicyclic) bond motifs is 1. The lowest BCUT2D eigenvalue weighted by Gasteiger charge is -2.16. The van der Waals surface area contributed by atoms with E-state index >= 15 is 0 Å². The largest absolute Gasteiger partial charge is 0.330 e. The van der Waals surface area contributed by atoms with Crippen molar-refractivity contribution in [1.29, 1.82) is 0 Å². The van der Waals surface area contributed by atoms with E-state index in [1.165, 1.54) is 46.5 Å². The highest BCUT2D eigenvalue weighted by Crippen LogP contribution is 2.34. The lowest BCUT2D eigenvalue weighted by molar-refractivity contribution is 0.484. The third-order valence-corrected chi connectivity index (χ3v) is 4.21. The second-order valence-electron chi connectivity index (χ2n) is 5.81. The lowest BCUT2D eigenvalue weighted by Crippen LogP contribution is -2.11. The number of benzene rings is 1. The van der Waals surface area contributed by atoms with Gasteiger partial charge in [0.25, 0.3) is 0 Å². The Balaban J connectivity index is 2.20. The average molecular weight is 269 g/mol. The number of rotatable bonds is 3. The van der Waals surface area contributed by atoms with Gasteiger partial charge in [0.15, 0.2) is 0 Å². The fourth-order valence-electron chi connectivity index (χ4n) is 3.17. The molecule has 0 saturated heterocycles. The second kappa shape index (κ2) is 5.41. The van der Waals surface area contributed by atoms with Crippen LogP contribution in [0.25, 0.3) is 11.1 Å². The maximum atomic E-state index is 5.78. The van der Waals surface area contributed by atoms with Crippen molar-refractivity contribution in [1.82, 2.24) is 9.78 Å². The first-order valence-electron chi connectivity index (χ1n) is 7.57. The zero-order chi connectivity index (χ0) is 14.1. The minimum atomic E-state index is 0.661. The third kappa shape index (κ3) is 2.27. The molecule has 1 aliphatic heterocycles. The van der Waals surface area contributed by atoms with Crippen molar-refractivity contribution in [3.05, 3.63) is 40.7 Å². The third-order valence-electron chi connectivity index (χ3n) is 4.21. The highest BCUT2D eigenvalue weighted by atomic mass is 15.3. The molecule has 106 valence electrons. The van der Waals surface area contributed by atoms with Gasteiger partial charge in [0.05, 0.1) is 5.69 Å². The van der Waals surface area contributed by atoms with Crippen LogP contribution < -0.4 is 5.73 Å². The predicted molar refractivity (Wildman–Crippen MR) is 82.8 cm³/mol. The number of hydrogen-bond donors (Lipinski definition) is 1. The van der Waals surface area contributed by atoms with Gasteiger partial charge >= 0.3 is 0 Å². The zero-order valence-corrected chi connectivity index (χ0v) is 12.4. The Bertz CT molecular complexity index is 625. The van der Waals surface area contributed by atoms with Crippen LogP contribution in [0.4, 0.5) is 0 Å². The predicted octanol–water partition coefficient (Wildman–Crippen LogP) is 3.00. The fraction of sp³-hybridized carbons (Fsp3) is 0.471. The number of nitrogens with two attached hydrogens (primary N) is 1. The molecule has 0 spiro atoms. The normalized spacial score (nSPS) is 14.3. The molecule has 0 amide bonds. The van der Waals surface area contributed by atoms with E-state index < -0.39 is 0 Å². The highest BCUT2D eigenvalue weighted by Gasteiger charge is 2.22. The molecular weight excluding hydrogens is 246 g/mol. The van der Waals surface area contributed by atoms with Crippen LogP contribution in [-0.2, 0) is 19.4 Å². The Labute approximate surface area is 120 Å². The summed E-state index contributed by atoms with van der Waals surface area (Å²) in [5.74, 6) is 0. The van der Waals surface area contributed by atoms with E-state index in [4.69, 9.17) is 10.8 Å². The summed E-state index contributed by atoms with van der Waals surface area (Å²) >= 11 is 0. The van der Waals surface area contributed by atoms with Crippen LogP contribution in [0.15, 0.2) is 18.2 Å². The summed E-state index contributed by atoms with van der Waals surface area (Å²) < 4.78 is 2.21. The molecule has 0 unspecified atom stereocenters. The molecule has 3 nitrogen and oxygen atoms in total. The second-order valence-corrected chi connectivity index (χ2v) is 5.81. The van der Waals surface area contributed by atoms with Crippen molar-refractivity contribution >= 4 is 0 Å². The Morgan fingerprint density at radius 2 is 2.10 bits per heavy atom. The maximum Gasteiger partial charge on any atom is 0.0718 e. The van der Waals surface area contributed by atoms with E-state index in [9.17, 15) is 0 Å². The molecule has 3 heteroatoms. The first-order valence-corrected chi connectivity index (χ1v) is 7.57. The molecule has 20 heavy (non-hydrogen) atoms. The van der Waals surface area contributed by atoms with Crippen molar-refractivity contribution in [3.8, 4) is 11.1 Å². The van der Waals surface area contributed by atoms with Crippen molar-refractivity contribution in [3.63, 3.8) is 0 Å². The van der Waals surface area contributed by atoms with Gasteiger partial charge in [-0.2, -0.15) is 5.10 Å². The van der Waals surface area contributed by atoms with E-state index in [1.807, 2.05) is 0 Å². The lowest BCUT2D eigenvalue weighted by atomic mass is 9.93. The van der Waals surface area contributed by atoms with E-state index in [0.717, 1.165) is 19.4 Å². The standard InChI is InChI=1S/C17H23N3/c1-12-6-7-13(2)14(11-12)17-15(8-9-18)19-20-10-4-3-5-16(17)20/h6-7,11H,3-5,8-10,18H2,1-2H3. The molecule has 3 rings (SSSR count). The van der Waals surface area contributed by atoms with Crippen LogP contribution in [0.5, 0.6) is 0 Å². The van der Waals surface area contributed by atoms with Gasteiger partial charge in [-0.25, -0.2) is 0 Å². The van der Waals surface area contributed by atoms with Crippen LogP contribution in [0.1, 0.15) is 35.4 Å². The van der Waals surface area contributed by atoms with Gasteiger partial charge in [0, 0.05) is 24.2 Å². The van der Waals surface area contributed by atoms with Crippen molar-refractivity contribution < 1.29 is 0 Å². The van der Waals surface area contributed by atoms with E-state index in [1.54, 1.807) is 0 Å². The monoisotopic (exact) mass is 269 g/mol. The molecule has 2 aromatic rings. The first-order chi connectivity index (χ1) is 9.70. The summed E-state index contributed by atoms with van der Waals surface area (Å²) in [6.07, 6.45) is 4.51. The SMILES string of the molecule is Cc1ccc(C)c(-c2c(CCN)nn3c2CCCC3)c1. The summed E-state index contributed by atoms with van der Waals surface area (Å²) in [6.45, 7) is 6.06. The van der Waals surface area contributed by atoms with Crippen LogP contribution in [0.3, 0.4) is 0 Å². The quantitative estimate of drug-likeness (QED) is 0.931. The molecule has 0 bridgehead atoms. The molecule has 0 atom stereocenters. The number of aryl methyl sites for hydroxylation is 3. The van der Waals surface area contributed by atoms with Crippen molar-refractivity contribution in [2.24, 2.45) is 5.73 Å². The molecule has 0 fully saturated rings. The van der Waals surface area contributed by atoms with Crippen molar-refractivity contribution in [2.75, 3.05) is 6.54 Å². The van der Waals surface area contributed by atoms with Gasteiger partial charge in [-0.15, -0.1) is 0 Å². The zero-order valence-electron chi connectivity index (χ0n) is 12.4. The fourth-order valence-corrected chi connectivity index (χ4v) is 3.17. The van der Waals surface area contributed by atoms with Crippen LogP contribution in [0.2, 0.25) is 0 Å². The van der Waals surface area contributed by atoms with E-state index in [-0.39, 0.29) is 0 Å². The van der Waals surface area contributed by atoms with Gasteiger partial charge < -0.3 is 5.73 Å². The van der Waals surface area contributed by atoms with Crippen LogP contribution >= 0.6 is 0 Å². The molecule has 2 heterocycles. The van der Waals surface area contributed by atoms with Crippen LogP contribution in [0, 0.1) is 13.8 Å². The summed E-state index contributed by atoms with van der Waals surface area (Å²) in [5, 5.41) is 4.82. The molecular formula is C17H23N3. The minimum Gasteiger partial charge on any atom is -0.330 e. The van der Waals surface area contributed by atoms with E-state index in [0.29, 0.717) is 6.54 Å². The Morgan fingerprint density at radius 1 is 1.25 bits per heavy atom. The van der Waals surface area contributed by atoms with Gasteiger partial charge in [-0.3, -0.25) is 4.68 Å². The number of nitrogens with zero attached hydrogens (tertiary/aromatic N) is 2. The minimum absolute atomic E-state index is 0.661. The van der Waals surface area contributed by atoms with Crippen LogP contribution in [-0.4, -0.2) is 16.3 Å². The smallest absolute Gasteiger partial charge is 0.0718 e. The van der Waals surface area contributed by atoms with E-state index in [2.05, 4.69) is 36.7 Å². The summed E-state index contributed by atoms with van der Waals surface area (Å²) in [6, 6.07) is 6.68. The first kappa shape index (κ1) is 13.4. The molecule has 0 aliphatic carbocycles. The van der Waals surface area contributed by atoms with Gasteiger partial charge in [0.2, 0.25) is 0 Å². The Morgan fingerprint density at radius 3 is 2.90 bits per heavy atom. The number of hydrogen-bond acceptors (Lipinski definition) is 2.